The molecule has 152 valence electrons. The number of fused-ring (bicyclic) bond motifs is 1. The summed E-state index contributed by atoms with van der Waals surface area (Å²) in [6.07, 6.45) is 0.940. The van der Waals surface area contributed by atoms with Crippen LogP contribution in [-0.4, -0.2) is 35.4 Å². The van der Waals surface area contributed by atoms with Crippen molar-refractivity contribution in [1.29, 1.82) is 0 Å². The minimum Gasteiger partial charge on any atom is -0.493 e. The van der Waals surface area contributed by atoms with E-state index in [9.17, 15) is 9.90 Å². The van der Waals surface area contributed by atoms with Crippen molar-refractivity contribution in [3.8, 4) is 11.6 Å². The molecule has 7 heteroatoms. The first-order chi connectivity index (χ1) is 14.1. The summed E-state index contributed by atoms with van der Waals surface area (Å²) in [7, 11) is 0. The van der Waals surface area contributed by atoms with E-state index in [1.807, 2.05) is 55.5 Å². The van der Waals surface area contributed by atoms with Crippen LogP contribution in [0.2, 0.25) is 0 Å². The van der Waals surface area contributed by atoms with Gasteiger partial charge in [-0.05, 0) is 37.1 Å². The maximum atomic E-state index is 12.1. The number of ether oxygens (including phenoxy) is 2. The molecule has 0 saturated heterocycles. The lowest BCUT2D eigenvalue weighted by Gasteiger charge is -2.06. The van der Waals surface area contributed by atoms with Gasteiger partial charge in [-0.3, -0.25) is 4.79 Å². The maximum absolute atomic E-state index is 12.1. The Morgan fingerprint density at radius 3 is 2.59 bits per heavy atom. The lowest BCUT2D eigenvalue weighted by molar-refractivity contribution is -0.120. The molecule has 3 aromatic rings. The van der Waals surface area contributed by atoms with E-state index < -0.39 is 5.91 Å². The lowest BCUT2D eigenvalue weighted by Crippen LogP contribution is -2.07. The van der Waals surface area contributed by atoms with Crippen LogP contribution < -0.4 is 4.74 Å². The van der Waals surface area contributed by atoms with Gasteiger partial charge < -0.3 is 19.1 Å². The maximum Gasteiger partial charge on any atom is 0.302 e. The summed E-state index contributed by atoms with van der Waals surface area (Å²) in [5.74, 6) is 0.0229. The monoisotopic (exact) mass is 395 g/mol. The van der Waals surface area contributed by atoms with E-state index in [4.69, 9.17) is 9.47 Å². The fourth-order valence-corrected chi connectivity index (χ4v) is 3.00. The second-order valence-corrected chi connectivity index (χ2v) is 6.42. The summed E-state index contributed by atoms with van der Waals surface area (Å²) < 4.78 is 12.5. The molecule has 0 fully saturated rings. The Bertz CT molecular complexity index is 993. The van der Waals surface area contributed by atoms with Crippen molar-refractivity contribution in [1.82, 2.24) is 4.57 Å². The van der Waals surface area contributed by atoms with Crippen molar-refractivity contribution in [3.63, 3.8) is 0 Å². The number of aryl methyl sites for hydroxylation is 1. The molecule has 0 atom stereocenters. The topological polar surface area (TPSA) is 85.4 Å². The van der Waals surface area contributed by atoms with Gasteiger partial charge in [0.05, 0.1) is 12.1 Å². The van der Waals surface area contributed by atoms with Crippen LogP contribution in [0.4, 0.5) is 5.69 Å². The molecule has 1 N–H and O–H groups in total. The minimum atomic E-state index is -0.532. The number of amides is 1. The van der Waals surface area contributed by atoms with Crippen molar-refractivity contribution in [2.75, 3.05) is 19.8 Å². The van der Waals surface area contributed by atoms with Crippen molar-refractivity contribution < 1.29 is 19.4 Å². The number of para-hydroxylation sites is 1. The quantitative estimate of drug-likeness (QED) is 0.423. The molecule has 3 rings (SSSR count). The van der Waals surface area contributed by atoms with E-state index in [-0.39, 0.29) is 18.2 Å². The van der Waals surface area contributed by atoms with E-state index in [2.05, 4.69) is 17.2 Å². The first-order valence-electron chi connectivity index (χ1n) is 9.68. The number of rotatable bonds is 9. The van der Waals surface area contributed by atoms with Gasteiger partial charge in [0.25, 0.3) is 0 Å². The molecule has 0 aliphatic carbocycles. The van der Waals surface area contributed by atoms with E-state index >= 15 is 0 Å². The highest BCUT2D eigenvalue weighted by Crippen LogP contribution is 2.38. The van der Waals surface area contributed by atoms with Crippen LogP contribution in [0, 0.1) is 0 Å². The smallest absolute Gasteiger partial charge is 0.302 e. The summed E-state index contributed by atoms with van der Waals surface area (Å²) >= 11 is 0. The van der Waals surface area contributed by atoms with Gasteiger partial charge in [-0.2, -0.15) is 0 Å². The third-order valence-electron chi connectivity index (χ3n) is 4.54. The van der Waals surface area contributed by atoms with Gasteiger partial charge in [0, 0.05) is 18.5 Å². The number of carbonyl (C=O) groups is 1. The Hall–Kier alpha value is -3.19. The Morgan fingerprint density at radius 1 is 1.10 bits per heavy atom. The highest BCUT2D eigenvalue weighted by molar-refractivity contribution is 5.95. The Balaban J connectivity index is 1.71. The van der Waals surface area contributed by atoms with Gasteiger partial charge >= 0.3 is 5.91 Å². The SMILES string of the molecule is CCOCCn1c(O)c(N=NC(=O)COc2ccc(CC)cc2)c2ccccc21. The average Bonchev–Trinajstić information content (AvgIpc) is 3.02. The minimum absolute atomic E-state index is 0.0430. The number of carbonyl (C=O) groups excluding carboxylic acids is 1. The molecule has 0 bridgehead atoms. The van der Waals surface area contributed by atoms with E-state index in [1.54, 1.807) is 4.57 Å². The van der Waals surface area contributed by atoms with E-state index in [0.29, 0.717) is 30.9 Å². The molecule has 29 heavy (non-hydrogen) atoms. The van der Waals surface area contributed by atoms with Crippen LogP contribution in [0.15, 0.2) is 58.8 Å². The van der Waals surface area contributed by atoms with Gasteiger partial charge in [0.15, 0.2) is 12.3 Å². The summed E-state index contributed by atoms with van der Waals surface area (Å²) in [6, 6.07) is 15.0. The zero-order valence-corrected chi connectivity index (χ0v) is 16.7. The second-order valence-electron chi connectivity index (χ2n) is 6.42. The number of aromatic nitrogens is 1. The number of aromatic hydroxyl groups is 1. The number of azo groups is 1. The predicted molar refractivity (Wildman–Crippen MR) is 111 cm³/mol. The van der Waals surface area contributed by atoms with Crippen molar-refractivity contribution in [2.24, 2.45) is 10.2 Å². The predicted octanol–water partition coefficient (Wildman–Crippen LogP) is 4.64. The first kappa shape index (κ1) is 20.5. The van der Waals surface area contributed by atoms with Gasteiger partial charge in [-0.15, -0.1) is 10.2 Å². The molecule has 0 aliphatic rings. The number of benzene rings is 2. The average molecular weight is 395 g/mol. The number of hydrogen-bond donors (Lipinski definition) is 1. The molecule has 1 amide bonds. The molecular weight excluding hydrogens is 370 g/mol. The fraction of sp³-hybridized carbons (Fsp3) is 0.318. The van der Waals surface area contributed by atoms with E-state index in [0.717, 1.165) is 11.9 Å². The molecule has 0 radical (unpaired) electrons. The summed E-state index contributed by atoms with van der Waals surface area (Å²) in [4.78, 5) is 12.1. The van der Waals surface area contributed by atoms with Crippen molar-refractivity contribution in [2.45, 2.75) is 26.8 Å². The van der Waals surface area contributed by atoms with Crippen LogP contribution in [-0.2, 0) is 22.5 Å². The summed E-state index contributed by atoms with van der Waals surface area (Å²) in [5.41, 5.74) is 2.26. The molecule has 0 aliphatic heterocycles. The Kier molecular flexibility index (Phi) is 6.97. The van der Waals surface area contributed by atoms with Crippen LogP contribution in [0.5, 0.6) is 11.6 Å². The number of nitrogens with zero attached hydrogens (tertiary/aromatic N) is 3. The second kappa shape index (κ2) is 9.84. The van der Waals surface area contributed by atoms with E-state index in [1.165, 1.54) is 5.56 Å². The third-order valence-corrected chi connectivity index (χ3v) is 4.54. The zero-order valence-electron chi connectivity index (χ0n) is 16.7. The number of hydrogen-bond acceptors (Lipinski definition) is 5. The van der Waals surface area contributed by atoms with Crippen LogP contribution in [0.25, 0.3) is 10.9 Å². The largest absolute Gasteiger partial charge is 0.493 e. The molecule has 0 saturated carbocycles. The molecule has 1 aromatic heterocycles. The molecule has 1 heterocycles. The fourth-order valence-electron chi connectivity index (χ4n) is 3.00. The summed E-state index contributed by atoms with van der Waals surface area (Å²) in [6.45, 7) is 5.30. The van der Waals surface area contributed by atoms with Gasteiger partial charge in [-0.1, -0.05) is 37.3 Å². The molecule has 0 unspecified atom stereocenters. The molecule has 0 spiro atoms. The Morgan fingerprint density at radius 2 is 1.86 bits per heavy atom. The first-order valence-corrected chi connectivity index (χ1v) is 9.68. The zero-order chi connectivity index (χ0) is 20.6. The van der Waals surface area contributed by atoms with Crippen LogP contribution in [0.1, 0.15) is 19.4 Å². The summed E-state index contributed by atoms with van der Waals surface area (Å²) in [5, 5.41) is 19.0. The standard InChI is InChI=1S/C22H25N3O4/c1-3-16-9-11-17(12-10-16)29-15-20(26)23-24-21-18-7-5-6-8-19(18)25(22(21)27)13-14-28-4-2/h5-12,27H,3-4,13-15H2,1-2H3. The highest BCUT2D eigenvalue weighted by Gasteiger charge is 2.16. The van der Waals surface area contributed by atoms with Crippen LogP contribution >= 0.6 is 0 Å². The third kappa shape index (κ3) is 5.00. The van der Waals surface area contributed by atoms with Gasteiger partial charge in [0.1, 0.15) is 5.75 Å². The Labute approximate surface area is 169 Å². The highest BCUT2D eigenvalue weighted by atomic mass is 16.5. The molecule has 2 aromatic carbocycles. The lowest BCUT2D eigenvalue weighted by atomic mass is 10.2. The van der Waals surface area contributed by atoms with Crippen LogP contribution in [0.3, 0.4) is 0 Å². The van der Waals surface area contributed by atoms with Crippen molar-refractivity contribution in [3.05, 3.63) is 54.1 Å². The normalized spacial score (nSPS) is 11.4. The molecule has 7 nitrogen and oxygen atoms in total. The van der Waals surface area contributed by atoms with Crippen molar-refractivity contribution >= 4 is 22.5 Å². The molecular formula is C22H25N3O4. The van der Waals surface area contributed by atoms with Gasteiger partial charge in [-0.25, -0.2) is 0 Å². The van der Waals surface area contributed by atoms with Gasteiger partial charge in [0.2, 0.25) is 5.88 Å².